The van der Waals surface area contributed by atoms with Crippen molar-refractivity contribution in [1.82, 2.24) is 0 Å². The minimum absolute atomic E-state index is 0.766. The lowest BCUT2D eigenvalue weighted by Gasteiger charge is -2.42. The van der Waals surface area contributed by atoms with Gasteiger partial charge < -0.3 is 0 Å². The molecule has 70 valence electrons. The van der Waals surface area contributed by atoms with Crippen LogP contribution in [0.2, 0.25) is 0 Å². The average Bonchev–Trinajstić information content (AvgIpc) is 2.87. The Labute approximate surface area is 76.7 Å². The highest BCUT2D eigenvalue weighted by molar-refractivity contribution is 5.04. The van der Waals surface area contributed by atoms with E-state index in [0.29, 0.717) is 0 Å². The van der Waals surface area contributed by atoms with Crippen LogP contribution in [0.3, 0.4) is 0 Å². The van der Waals surface area contributed by atoms with Crippen LogP contribution in [-0.2, 0) is 0 Å². The fraction of sp³-hybridized carbons (Fsp3) is 1.00. The zero-order chi connectivity index (χ0) is 8.66. The molecule has 0 unspecified atom stereocenters. The molecule has 12 heavy (non-hydrogen) atoms. The molecule has 0 aromatic rings. The van der Waals surface area contributed by atoms with Gasteiger partial charge in [-0.1, -0.05) is 33.1 Å². The van der Waals surface area contributed by atoms with Crippen molar-refractivity contribution in [2.45, 2.75) is 65.2 Å². The summed E-state index contributed by atoms with van der Waals surface area (Å²) in [7, 11) is 0. The van der Waals surface area contributed by atoms with Crippen LogP contribution in [0.25, 0.3) is 0 Å². The predicted octanol–water partition coefficient (Wildman–Crippen LogP) is 4.15. The zero-order valence-electron chi connectivity index (χ0n) is 8.66. The molecule has 0 nitrogen and oxygen atoms in total. The minimum Gasteiger partial charge on any atom is -0.0648 e. The third-order valence-electron chi connectivity index (χ3n) is 4.77. The van der Waals surface area contributed by atoms with E-state index in [1.807, 2.05) is 0 Å². The van der Waals surface area contributed by atoms with Crippen molar-refractivity contribution < 1.29 is 0 Å². The van der Waals surface area contributed by atoms with E-state index in [1.165, 1.54) is 51.4 Å². The van der Waals surface area contributed by atoms with Gasteiger partial charge in [0, 0.05) is 0 Å². The van der Waals surface area contributed by atoms with Gasteiger partial charge in [-0.05, 0) is 42.9 Å². The minimum atomic E-state index is 0.766. The Bertz CT molecular complexity index is 159. The van der Waals surface area contributed by atoms with E-state index in [2.05, 4.69) is 13.8 Å². The van der Waals surface area contributed by atoms with Gasteiger partial charge in [0.1, 0.15) is 0 Å². The Morgan fingerprint density at radius 1 is 0.917 bits per heavy atom. The normalized spacial score (nSPS) is 31.5. The van der Waals surface area contributed by atoms with Gasteiger partial charge in [-0.3, -0.25) is 0 Å². The Balaban J connectivity index is 2.11. The highest BCUT2D eigenvalue weighted by atomic mass is 14.6. The number of hydrogen-bond donors (Lipinski definition) is 0. The molecule has 0 heterocycles. The zero-order valence-corrected chi connectivity index (χ0v) is 8.66. The summed E-state index contributed by atoms with van der Waals surface area (Å²) >= 11 is 0. The van der Waals surface area contributed by atoms with Crippen LogP contribution in [0.1, 0.15) is 65.2 Å². The molecular formula is C12H22. The molecular weight excluding hydrogens is 144 g/mol. The first-order valence-electron chi connectivity index (χ1n) is 5.72. The standard InChI is InChI=1S/C12H22/c1-3-12(11(2)9-10-11)7-5-4-6-8-12/h3-10H2,1-2H3. The third-order valence-corrected chi connectivity index (χ3v) is 4.77. The molecule has 0 aliphatic heterocycles. The van der Waals surface area contributed by atoms with Gasteiger partial charge in [0.15, 0.2) is 0 Å². The fourth-order valence-corrected chi connectivity index (χ4v) is 3.33. The molecule has 0 spiro atoms. The number of rotatable bonds is 2. The Morgan fingerprint density at radius 3 is 1.92 bits per heavy atom. The van der Waals surface area contributed by atoms with Crippen molar-refractivity contribution >= 4 is 0 Å². The van der Waals surface area contributed by atoms with E-state index < -0.39 is 0 Å². The van der Waals surface area contributed by atoms with Crippen LogP contribution >= 0.6 is 0 Å². The SMILES string of the molecule is CCC1(C2(C)CC2)CCCCC1. The maximum atomic E-state index is 2.53. The van der Waals surface area contributed by atoms with Crippen LogP contribution in [0, 0.1) is 10.8 Å². The third kappa shape index (κ3) is 1.11. The molecule has 0 aromatic heterocycles. The van der Waals surface area contributed by atoms with E-state index in [4.69, 9.17) is 0 Å². The molecule has 2 fully saturated rings. The quantitative estimate of drug-likeness (QED) is 0.578. The second-order valence-corrected chi connectivity index (χ2v) is 5.26. The summed E-state index contributed by atoms with van der Waals surface area (Å²) in [5.41, 5.74) is 1.54. The van der Waals surface area contributed by atoms with Crippen LogP contribution < -0.4 is 0 Å². The summed E-state index contributed by atoms with van der Waals surface area (Å²) in [6.45, 7) is 4.94. The molecule has 0 atom stereocenters. The maximum Gasteiger partial charge on any atom is -0.0246 e. The van der Waals surface area contributed by atoms with Crippen molar-refractivity contribution in [3.63, 3.8) is 0 Å². The maximum absolute atomic E-state index is 2.53. The summed E-state index contributed by atoms with van der Waals surface area (Å²) in [5, 5.41) is 0. The topological polar surface area (TPSA) is 0 Å². The Morgan fingerprint density at radius 2 is 1.50 bits per heavy atom. The summed E-state index contributed by atoms with van der Waals surface area (Å²) in [6.07, 6.45) is 12.0. The average molecular weight is 166 g/mol. The van der Waals surface area contributed by atoms with Crippen LogP contribution in [0.4, 0.5) is 0 Å². The van der Waals surface area contributed by atoms with Gasteiger partial charge in [-0.15, -0.1) is 0 Å². The molecule has 2 aliphatic rings. The van der Waals surface area contributed by atoms with E-state index >= 15 is 0 Å². The van der Waals surface area contributed by atoms with Crippen LogP contribution in [0.5, 0.6) is 0 Å². The van der Waals surface area contributed by atoms with Crippen molar-refractivity contribution in [3.8, 4) is 0 Å². The summed E-state index contributed by atoms with van der Waals surface area (Å²) in [4.78, 5) is 0. The molecule has 0 radical (unpaired) electrons. The lowest BCUT2D eigenvalue weighted by Crippen LogP contribution is -2.32. The van der Waals surface area contributed by atoms with Gasteiger partial charge in [0.25, 0.3) is 0 Å². The van der Waals surface area contributed by atoms with Crippen molar-refractivity contribution in [2.75, 3.05) is 0 Å². The highest BCUT2D eigenvalue weighted by Crippen LogP contribution is 2.64. The van der Waals surface area contributed by atoms with Crippen LogP contribution in [-0.4, -0.2) is 0 Å². The smallest absolute Gasteiger partial charge is 0.0246 e. The molecule has 2 saturated carbocycles. The first-order chi connectivity index (χ1) is 5.72. The fourth-order valence-electron chi connectivity index (χ4n) is 3.33. The van der Waals surface area contributed by atoms with E-state index in [-0.39, 0.29) is 0 Å². The van der Waals surface area contributed by atoms with E-state index in [1.54, 1.807) is 0 Å². The van der Waals surface area contributed by atoms with Gasteiger partial charge in [-0.25, -0.2) is 0 Å². The van der Waals surface area contributed by atoms with Gasteiger partial charge in [0.2, 0.25) is 0 Å². The first kappa shape index (κ1) is 8.59. The molecule has 0 heteroatoms. The van der Waals surface area contributed by atoms with E-state index in [9.17, 15) is 0 Å². The van der Waals surface area contributed by atoms with Gasteiger partial charge in [-0.2, -0.15) is 0 Å². The lowest BCUT2D eigenvalue weighted by molar-refractivity contribution is 0.0831. The second kappa shape index (κ2) is 2.75. The van der Waals surface area contributed by atoms with Gasteiger partial charge >= 0.3 is 0 Å². The summed E-state index contributed by atoms with van der Waals surface area (Å²) in [6, 6.07) is 0. The Hall–Kier alpha value is 0. The largest absolute Gasteiger partial charge is 0.0648 e. The first-order valence-corrected chi connectivity index (χ1v) is 5.72. The lowest BCUT2D eigenvalue weighted by atomic mass is 9.63. The molecule has 0 bridgehead atoms. The second-order valence-electron chi connectivity index (χ2n) is 5.26. The van der Waals surface area contributed by atoms with Crippen LogP contribution in [0.15, 0.2) is 0 Å². The Kier molecular flexibility index (Phi) is 1.97. The van der Waals surface area contributed by atoms with E-state index in [0.717, 1.165) is 10.8 Å². The van der Waals surface area contributed by atoms with Crippen molar-refractivity contribution in [1.29, 1.82) is 0 Å². The monoisotopic (exact) mass is 166 g/mol. The molecule has 0 aromatic carbocycles. The predicted molar refractivity (Wildman–Crippen MR) is 53.2 cm³/mol. The van der Waals surface area contributed by atoms with Crippen molar-refractivity contribution in [3.05, 3.63) is 0 Å². The molecule has 0 saturated heterocycles. The summed E-state index contributed by atoms with van der Waals surface area (Å²) in [5.74, 6) is 0. The van der Waals surface area contributed by atoms with Crippen molar-refractivity contribution in [2.24, 2.45) is 10.8 Å². The molecule has 2 rings (SSSR count). The number of hydrogen-bond acceptors (Lipinski definition) is 0. The highest BCUT2D eigenvalue weighted by Gasteiger charge is 2.54. The van der Waals surface area contributed by atoms with Gasteiger partial charge in [0.05, 0.1) is 0 Å². The molecule has 0 N–H and O–H groups in total. The molecule has 0 amide bonds. The molecule has 2 aliphatic carbocycles. The summed E-state index contributed by atoms with van der Waals surface area (Å²) < 4.78 is 0.